The molecule has 0 amide bonds. The predicted molar refractivity (Wildman–Crippen MR) is 92.0 cm³/mol. The van der Waals surface area contributed by atoms with Crippen LogP contribution in [0.4, 0.5) is 0 Å². The van der Waals surface area contributed by atoms with Crippen molar-refractivity contribution in [3.63, 3.8) is 0 Å². The van der Waals surface area contributed by atoms with E-state index in [1.165, 1.54) is 5.56 Å². The van der Waals surface area contributed by atoms with Gasteiger partial charge in [-0.3, -0.25) is 0 Å². The molecule has 0 aliphatic rings. The van der Waals surface area contributed by atoms with E-state index in [9.17, 15) is 0 Å². The van der Waals surface area contributed by atoms with Crippen molar-refractivity contribution in [2.75, 3.05) is 0 Å². The van der Waals surface area contributed by atoms with Gasteiger partial charge in [0.2, 0.25) is 0 Å². The molecule has 20 heavy (non-hydrogen) atoms. The molecule has 0 unspecified atom stereocenters. The molecule has 0 aliphatic heterocycles. The van der Waals surface area contributed by atoms with E-state index in [1.807, 2.05) is 32.1 Å². The van der Waals surface area contributed by atoms with Gasteiger partial charge in [0.05, 0.1) is 0 Å². The monoisotopic (exact) mass is 267 g/mol. The van der Waals surface area contributed by atoms with Gasteiger partial charge < -0.3 is 5.73 Å². The second-order valence-corrected chi connectivity index (χ2v) is 5.25. The largest absolute Gasteiger partial charge is 0.398 e. The highest BCUT2D eigenvalue weighted by molar-refractivity contribution is 5.73. The first-order valence-electron chi connectivity index (χ1n) is 7.03. The Balaban J connectivity index is 3.23. The molecular formula is C19H25N. The summed E-state index contributed by atoms with van der Waals surface area (Å²) in [5.41, 5.74) is 11.4. The van der Waals surface area contributed by atoms with Gasteiger partial charge in [0.15, 0.2) is 0 Å². The number of hydrogen-bond donors (Lipinski definition) is 1. The first kappa shape index (κ1) is 16.0. The maximum absolute atomic E-state index is 6.20. The van der Waals surface area contributed by atoms with E-state index in [4.69, 9.17) is 5.73 Å². The van der Waals surface area contributed by atoms with Crippen molar-refractivity contribution in [3.05, 3.63) is 65.3 Å². The minimum Gasteiger partial charge on any atom is -0.398 e. The normalized spacial score (nSPS) is 13.2. The van der Waals surface area contributed by atoms with Crippen molar-refractivity contribution >= 4 is 17.8 Å². The van der Waals surface area contributed by atoms with Gasteiger partial charge in [-0.1, -0.05) is 62.9 Å². The van der Waals surface area contributed by atoms with Gasteiger partial charge in [0.25, 0.3) is 0 Å². The zero-order valence-electron chi connectivity index (χ0n) is 13.0. The standard InChI is InChI=1S/C19H25N/c1-6-8-15(5)19(20)18-12-11-17(10-9-14(3)4)16(7-2)13-18/h6-14H,2,20H2,1,3-5H3/b8-6-,10-9-,19-15-. The topological polar surface area (TPSA) is 26.0 Å². The van der Waals surface area contributed by atoms with Crippen LogP contribution in [0.25, 0.3) is 17.8 Å². The predicted octanol–water partition coefficient (Wildman–Crippen LogP) is 5.26. The molecule has 0 aromatic heterocycles. The zero-order valence-corrected chi connectivity index (χ0v) is 13.0. The van der Waals surface area contributed by atoms with Crippen LogP contribution in [-0.4, -0.2) is 0 Å². The van der Waals surface area contributed by atoms with Gasteiger partial charge in [0.1, 0.15) is 0 Å². The summed E-state index contributed by atoms with van der Waals surface area (Å²) in [5.74, 6) is 0.536. The van der Waals surface area contributed by atoms with Crippen LogP contribution in [0.15, 0.2) is 48.6 Å². The van der Waals surface area contributed by atoms with E-state index >= 15 is 0 Å². The fourth-order valence-electron chi connectivity index (χ4n) is 1.93. The highest BCUT2D eigenvalue weighted by Crippen LogP contribution is 2.21. The minimum atomic E-state index is 0.536. The molecule has 0 fully saturated rings. The Morgan fingerprint density at radius 3 is 2.50 bits per heavy atom. The molecule has 1 rings (SSSR count). The highest BCUT2D eigenvalue weighted by atomic mass is 14.6. The van der Waals surface area contributed by atoms with Crippen molar-refractivity contribution in [1.29, 1.82) is 0 Å². The third-order valence-corrected chi connectivity index (χ3v) is 3.12. The molecule has 1 heteroatoms. The molecule has 1 aromatic carbocycles. The molecular weight excluding hydrogens is 242 g/mol. The highest BCUT2D eigenvalue weighted by Gasteiger charge is 2.03. The molecule has 0 heterocycles. The van der Waals surface area contributed by atoms with E-state index in [2.05, 4.69) is 50.8 Å². The Kier molecular flexibility index (Phi) is 6.05. The molecule has 0 saturated heterocycles. The SMILES string of the molecule is C=Cc1cc(/C(N)=C(C)/C=C\C)ccc1/C=C\C(C)C. The zero-order chi connectivity index (χ0) is 15.1. The summed E-state index contributed by atoms with van der Waals surface area (Å²) >= 11 is 0. The molecule has 0 aliphatic carbocycles. The van der Waals surface area contributed by atoms with Gasteiger partial charge in [0, 0.05) is 5.70 Å². The third-order valence-electron chi connectivity index (χ3n) is 3.12. The van der Waals surface area contributed by atoms with Crippen LogP contribution in [0.2, 0.25) is 0 Å². The van der Waals surface area contributed by atoms with Gasteiger partial charge in [-0.2, -0.15) is 0 Å². The lowest BCUT2D eigenvalue weighted by atomic mass is 9.99. The van der Waals surface area contributed by atoms with E-state index in [1.54, 1.807) is 0 Å². The van der Waals surface area contributed by atoms with Gasteiger partial charge in [-0.25, -0.2) is 0 Å². The van der Waals surface area contributed by atoms with Crippen LogP contribution < -0.4 is 5.73 Å². The average Bonchev–Trinajstić information content (AvgIpc) is 2.44. The molecule has 0 saturated carbocycles. The lowest BCUT2D eigenvalue weighted by Gasteiger charge is -2.09. The number of rotatable bonds is 5. The van der Waals surface area contributed by atoms with Gasteiger partial charge >= 0.3 is 0 Å². The van der Waals surface area contributed by atoms with E-state index in [0.29, 0.717) is 5.92 Å². The molecule has 2 N–H and O–H groups in total. The second-order valence-electron chi connectivity index (χ2n) is 5.25. The summed E-state index contributed by atoms with van der Waals surface area (Å²) in [7, 11) is 0. The number of allylic oxidation sites excluding steroid dienone is 4. The van der Waals surface area contributed by atoms with E-state index in [0.717, 1.165) is 22.4 Å². The quantitative estimate of drug-likeness (QED) is 0.723. The van der Waals surface area contributed by atoms with Crippen LogP contribution in [0.5, 0.6) is 0 Å². The van der Waals surface area contributed by atoms with E-state index < -0.39 is 0 Å². The van der Waals surface area contributed by atoms with Crippen LogP contribution in [0.1, 0.15) is 44.4 Å². The lowest BCUT2D eigenvalue weighted by molar-refractivity contribution is 0.836. The van der Waals surface area contributed by atoms with Crippen molar-refractivity contribution in [2.45, 2.75) is 27.7 Å². The van der Waals surface area contributed by atoms with Crippen molar-refractivity contribution in [2.24, 2.45) is 11.7 Å². The number of hydrogen-bond acceptors (Lipinski definition) is 1. The summed E-state index contributed by atoms with van der Waals surface area (Å²) < 4.78 is 0. The van der Waals surface area contributed by atoms with Crippen LogP contribution in [-0.2, 0) is 0 Å². The van der Waals surface area contributed by atoms with Gasteiger partial charge in [-0.05, 0) is 48.1 Å². The van der Waals surface area contributed by atoms with Gasteiger partial charge in [-0.15, -0.1) is 0 Å². The Labute approximate surface area is 123 Å². The molecule has 1 nitrogen and oxygen atoms in total. The summed E-state index contributed by atoms with van der Waals surface area (Å²) in [6, 6.07) is 6.26. The van der Waals surface area contributed by atoms with Crippen LogP contribution >= 0.6 is 0 Å². The molecule has 106 valence electrons. The number of benzene rings is 1. The smallest absolute Gasteiger partial charge is 0.0417 e. The average molecular weight is 267 g/mol. The maximum atomic E-state index is 6.20. The fraction of sp³-hybridized carbons (Fsp3) is 0.263. The summed E-state index contributed by atoms with van der Waals surface area (Å²) in [5, 5.41) is 0. The second kappa shape index (κ2) is 7.54. The Morgan fingerprint density at radius 2 is 1.95 bits per heavy atom. The lowest BCUT2D eigenvalue weighted by Crippen LogP contribution is -2.00. The summed E-state index contributed by atoms with van der Waals surface area (Å²) in [6.07, 6.45) is 10.2. The molecule has 1 aromatic rings. The molecule has 0 atom stereocenters. The van der Waals surface area contributed by atoms with Crippen molar-refractivity contribution in [1.82, 2.24) is 0 Å². The first-order valence-corrected chi connectivity index (χ1v) is 7.03. The summed E-state index contributed by atoms with van der Waals surface area (Å²) in [4.78, 5) is 0. The Hall–Kier alpha value is -2.02. The van der Waals surface area contributed by atoms with E-state index in [-0.39, 0.29) is 0 Å². The number of nitrogens with two attached hydrogens (primary N) is 1. The maximum Gasteiger partial charge on any atom is 0.0417 e. The molecule has 0 bridgehead atoms. The molecule has 0 radical (unpaired) electrons. The van der Waals surface area contributed by atoms with Crippen LogP contribution in [0.3, 0.4) is 0 Å². The Bertz CT molecular complexity index is 557. The third kappa shape index (κ3) is 4.27. The Morgan fingerprint density at radius 1 is 1.25 bits per heavy atom. The molecule has 0 spiro atoms. The minimum absolute atomic E-state index is 0.536. The van der Waals surface area contributed by atoms with Crippen molar-refractivity contribution < 1.29 is 0 Å². The van der Waals surface area contributed by atoms with Crippen LogP contribution in [0, 0.1) is 5.92 Å². The fourth-order valence-corrected chi connectivity index (χ4v) is 1.93. The first-order chi connectivity index (χ1) is 9.49. The van der Waals surface area contributed by atoms with Crippen molar-refractivity contribution in [3.8, 4) is 0 Å². The summed E-state index contributed by atoms with van der Waals surface area (Å²) in [6.45, 7) is 12.2.